The first kappa shape index (κ1) is 17.6. The van der Waals surface area contributed by atoms with Crippen LogP contribution in [0.25, 0.3) is 0 Å². The molecule has 1 N–H and O–H groups in total. The molecule has 0 aliphatic carbocycles. The van der Waals surface area contributed by atoms with Crippen LogP contribution in [0, 0.1) is 12.3 Å². The number of terminal acetylenes is 1. The molecule has 0 aromatic heterocycles. The Balaban J connectivity index is 2.33. The van der Waals surface area contributed by atoms with Gasteiger partial charge in [0.1, 0.15) is 11.3 Å². The van der Waals surface area contributed by atoms with E-state index in [0.29, 0.717) is 19.4 Å². The summed E-state index contributed by atoms with van der Waals surface area (Å²) in [7, 11) is 0. The van der Waals surface area contributed by atoms with Gasteiger partial charge in [0.25, 0.3) is 0 Å². The highest BCUT2D eigenvalue weighted by Gasteiger charge is 2.24. The molecule has 0 unspecified atom stereocenters. The molecule has 0 saturated carbocycles. The molecule has 0 aliphatic rings. The van der Waals surface area contributed by atoms with Crippen molar-refractivity contribution in [2.75, 3.05) is 6.61 Å². The molecule has 4 heteroatoms. The Hall–Kier alpha value is -1.47. The van der Waals surface area contributed by atoms with E-state index in [1.807, 2.05) is 38.1 Å². The number of carbonyl (C=O) groups excluding carboxylic acids is 1. The molecule has 0 fully saturated rings. The van der Waals surface area contributed by atoms with Crippen LogP contribution in [-0.2, 0) is 4.79 Å². The zero-order valence-electron chi connectivity index (χ0n) is 12.6. The van der Waals surface area contributed by atoms with Gasteiger partial charge in [-0.2, -0.15) is 0 Å². The molecular formula is C17H22BrNO2. The number of rotatable bonds is 8. The number of benzene rings is 1. The topological polar surface area (TPSA) is 38.3 Å². The van der Waals surface area contributed by atoms with Crippen molar-refractivity contribution < 1.29 is 9.53 Å². The van der Waals surface area contributed by atoms with Crippen molar-refractivity contribution in [1.29, 1.82) is 0 Å². The maximum absolute atomic E-state index is 11.9. The lowest BCUT2D eigenvalue weighted by Gasteiger charge is -2.27. The van der Waals surface area contributed by atoms with Gasteiger partial charge in [0.05, 0.1) is 6.61 Å². The van der Waals surface area contributed by atoms with Crippen molar-refractivity contribution in [1.82, 2.24) is 5.32 Å². The van der Waals surface area contributed by atoms with Crippen molar-refractivity contribution in [3.05, 3.63) is 28.7 Å². The Bertz CT molecular complexity index is 504. The zero-order valence-corrected chi connectivity index (χ0v) is 14.2. The number of amides is 1. The molecule has 1 rings (SSSR count). The summed E-state index contributed by atoms with van der Waals surface area (Å²) < 4.78 is 6.57. The molecule has 1 aromatic rings. The predicted molar refractivity (Wildman–Crippen MR) is 89.2 cm³/mol. The van der Waals surface area contributed by atoms with E-state index in [1.54, 1.807) is 0 Å². The van der Waals surface area contributed by atoms with Crippen LogP contribution in [0.5, 0.6) is 5.75 Å². The van der Waals surface area contributed by atoms with E-state index in [9.17, 15) is 4.79 Å². The average Bonchev–Trinajstić information content (AvgIpc) is 2.49. The van der Waals surface area contributed by atoms with Crippen molar-refractivity contribution in [2.24, 2.45) is 0 Å². The number of ether oxygens (including phenoxy) is 1. The Morgan fingerprint density at radius 3 is 2.71 bits per heavy atom. The van der Waals surface area contributed by atoms with Crippen LogP contribution in [0.3, 0.4) is 0 Å². The van der Waals surface area contributed by atoms with Gasteiger partial charge >= 0.3 is 0 Å². The summed E-state index contributed by atoms with van der Waals surface area (Å²) in [4.78, 5) is 11.9. The van der Waals surface area contributed by atoms with Gasteiger partial charge in [-0.1, -0.05) is 41.8 Å². The largest absolute Gasteiger partial charge is 0.494 e. The third-order valence-electron chi connectivity index (χ3n) is 3.48. The van der Waals surface area contributed by atoms with Crippen LogP contribution in [0.4, 0.5) is 0 Å². The fourth-order valence-electron chi connectivity index (χ4n) is 1.98. The van der Waals surface area contributed by atoms with E-state index < -0.39 is 5.54 Å². The predicted octanol–water partition coefficient (Wildman–Crippen LogP) is 3.92. The summed E-state index contributed by atoms with van der Waals surface area (Å²) >= 11 is 3.39. The van der Waals surface area contributed by atoms with Gasteiger partial charge < -0.3 is 10.1 Å². The fourth-order valence-corrected chi connectivity index (χ4v) is 2.35. The lowest BCUT2D eigenvalue weighted by atomic mass is 9.93. The third-order valence-corrected chi connectivity index (χ3v) is 3.97. The molecule has 0 atom stereocenters. The molecule has 21 heavy (non-hydrogen) atoms. The lowest BCUT2D eigenvalue weighted by molar-refractivity contribution is -0.122. The number of hydrogen-bond donors (Lipinski definition) is 1. The van der Waals surface area contributed by atoms with Gasteiger partial charge in [-0.3, -0.25) is 4.79 Å². The normalized spacial score (nSPS) is 10.8. The highest BCUT2D eigenvalue weighted by atomic mass is 79.9. The Kier molecular flexibility index (Phi) is 7.31. The second-order valence-corrected chi connectivity index (χ2v) is 5.81. The summed E-state index contributed by atoms with van der Waals surface area (Å²) in [5.74, 6) is 3.48. The molecule has 0 bridgehead atoms. The number of hydrogen-bond acceptors (Lipinski definition) is 2. The molecule has 1 amide bonds. The zero-order chi connectivity index (χ0) is 15.7. The van der Waals surface area contributed by atoms with Crippen LogP contribution in [-0.4, -0.2) is 18.1 Å². The van der Waals surface area contributed by atoms with E-state index in [-0.39, 0.29) is 5.91 Å². The van der Waals surface area contributed by atoms with Crippen LogP contribution in [0.15, 0.2) is 28.7 Å². The van der Waals surface area contributed by atoms with Gasteiger partial charge in [0, 0.05) is 10.9 Å². The Labute approximate surface area is 135 Å². The molecule has 0 aliphatic heterocycles. The summed E-state index contributed by atoms with van der Waals surface area (Å²) in [5, 5.41) is 2.95. The van der Waals surface area contributed by atoms with Crippen molar-refractivity contribution in [3.8, 4) is 18.1 Å². The molecule has 114 valence electrons. The number of nitrogens with one attached hydrogen (secondary N) is 1. The van der Waals surface area contributed by atoms with E-state index in [2.05, 4.69) is 27.2 Å². The first-order chi connectivity index (χ1) is 10.0. The molecule has 1 aromatic carbocycles. The first-order valence-electron chi connectivity index (χ1n) is 7.22. The summed E-state index contributed by atoms with van der Waals surface area (Å²) in [5.41, 5.74) is -0.512. The van der Waals surface area contributed by atoms with Crippen LogP contribution in [0.2, 0.25) is 0 Å². The minimum atomic E-state index is -0.512. The van der Waals surface area contributed by atoms with E-state index in [1.165, 1.54) is 0 Å². The summed E-state index contributed by atoms with van der Waals surface area (Å²) in [6.45, 7) is 4.48. The average molecular weight is 352 g/mol. The Morgan fingerprint density at radius 2 is 2.14 bits per heavy atom. The van der Waals surface area contributed by atoms with Crippen molar-refractivity contribution >= 4 is 21.8 Å². The smallest absolute Gasteiger partial charge is 0.221 e. The second-order valence-electron chi connectivity index (χ2n) is 4.89. The highest BCUT2D eigenvalue weighted by Crippen LogP contribution is 2.18. The van der Waals surface area contributed by atoms with E-state index >= 15 is 0 Å². The number of carbonyl (C=O) groups is 1. The quantitative estimate of drug-likeness (QED) is 0.569. The monoisotopic (exact) mass is 351 g/mol. The summed E-state index contributed by atoms with van der Waals surface area (Å²) in [6.07, 6.45) is 8.07. The second kappa shape index (κ2) is 8.74. The molecule has 0 heterocycles. The van der Waals surface area contributed by atoms with Crippen molar-refractivity contribution in [3.63, 3.8) is 0 Å². The molecule has 0 saturated heterocycles. The van der Waals surface area contributed by atoms with E-state index in [4.69, 9.17) is 11.2 Å². The van der Waals surface area contributed by atoms with Crippen LogP contribution < -0.4 is 10.1 Å². The van der Waals surface area contributed by atoms with Gasteiger partial charge in [-0.15, -0.1) is 6.42 Å². The highest BCUT2D eigenvalue weighted by molar-refractivity contribution is 9.10. The third kappa shape index (κ3) is 5.81. The maximum Gasteiger partial charge on any atom is 0.221 e. The molecular weight excluding hydrogens is 330 g/mol. The van der Waals surface area contributed by atoms with Gasteiger partial charge in [0.2, 0.25) is 5.91 Å². The van der Waals surface area contributed by atoms with Crippen LogP contribution >= 0.6 is 15.9 Å². The van der Waals surface area contributed by atoms with Crippen LogP contribution in [0.1, 0.15) is 39.5 Å². The standard InChI is InChI=1S/C17H22BrNO2/c1-4-17(5-2,6-3)19-16(20)11-8-12-21-15-10-7-9-14(18)13-15/h1,7,9-10,13H,5-6,8,11-12H2,2-3H3,(H,19,20). The molecule has 3 nitrogen and oxygen atoms in total. The minimum Gasteiger partial charge on any atom is -0.494 e. The van der Waals surface area contributed by atoms with Gasteiger partial charge in [-0.05, 0) is 37.5 Å². The van der Waals surface area contributed by atoms with Crippen molar-refractivity contribution in [2.45, 2.75) is 45.1 Å². The van der Waals surface area contributed by atoms with Gasteiger partial charge in [0.15, 0.2) is 0 Å². The summed E-state index contributed by atoms with van der Waals surface area (Å²) in [6, 6.07) is 7.64. The van der Waals surface area contributed by atoms with E-state index in [0.717, 1.165) is 23.1 Å². The van der Waals surface area contributed by atoms with Gasteiger partial charge in [-0.25, -0.2) is 0 Å². The Morgan fingerprint density at radius 1 is 1.43 bits per heavy atom. The SMILES string of the molecule is C#CC(CC)(CC)NC(=O)CCCOc1cccc(Br)c1. The maximum atomic E-state index is 11.9. The fraction of sp³-hybridized carbons (Fsp3) is 0.471. The molecule has 0 spiro atoms. The minimum absolute atomic E-state index is 0.0190. The number of halogens is 1. The first-order valence-corrected chi connectivity index (χ1v) is 8.01. The lowest BCUT2D eigenvalue weighted by Crippen LogP contribution is -2.46. The molecule has 0 radical (unpaired) electrons.